The van der Waals surface area contributed by atoms with Gasteiger partial charge in [-0.05, 0) is 43.4 Å². The zero-order valence-corrected chi connectivity index (χ0v) is 11.8. The third kappa shape index (κ3) is 4.29. The molecule has 106 valence electrons. The number of rotatable bonds is 6. The second-order valence-electron chi connectivity index (χ2n) is 5.44. The summed E-state index contributed by atoms with van der Waals surface area (Å²) in [7, 11) is 0. The van der Waals surface area contributed by atoms with Crippen LogP contribution in [0.5, 0.6) is 0 Å². The van der Waals surface area contributed by atoms with E-state index in [1.54, 1.807) is 12.4 Å². The molecule has 2 rings (SSSR count). The van der Waals surface area contributed by atoms with Gasteiger partial charge < -0.3 is 9.84 Å². The molecule has 2 unspecified atom stereocenters. The summed E-state index contributed by atoms with van der Waals surface area (Å²) in [5, 5.41) is 10.5. The fourth-order valence-electron chi connectivity index (χ4n) is 3.09. The largest absolute Gasteiger partial charge is 0.390 e. The predicted molar refractivity (Wildman–Crippen MR) is 75.9 cm³/mol. The molecule has 3 heteroatoms. The maximum Gasteiger partial charge on any atom is 0.0865 e. The number of aliphatic hydroxyl groups is 1. The van der Waals surface area contributed by atoms with E-state index in [9.17, 15) is 5.11 Å². The minimum absolute atomic E-state index is 0.0153. The minimum Gasteiger partial charge on any atom is -0.390 e. The van der Waals surface area contributed by atoms with Crippen LogP contribution in [0.15, 0.2) is 24.5 Å². The summed E-state index contributed by atoms with van der Waals surface area (Å²) in [4.78, 5) is 4.01. The van der Waals surface area contributed by atoms with Crippen LogP contribution in [0, 0.1) is 5.92 Å². The first kappa shape index (κ1) is 14.5. The minimum atomic E-state index is -0.412. The van der Waals surface area contributed by atoms with Crippen LogP contribution < -0.4 is 0 Å². The molecule has 1 fully saturated rings. The molecule has 0 amide bonds. The Kier molecular flexibility index (Phi) is 5.80. The third-order valence-corrected chi connectivity index (χ3v) is 4.05. The van der Waals surface area contributed by atoms with Crippen LogP contribution >= 0.6 is 0 Å². The molecule has 0 aromatic carbocycles. The quantitative estimate of drug-likeness (QED) is 0.858. The molecule has 1 aromatic heterocycles. The van der Waals surface area contributed by atoms with Gasteiger partial charge >= 0.3 is 0 Å². The van der Waals surface area contributed by atoms with E-state index in [2.05, 4.69) is 4.98 Å². The van der Waals surface area contributed by atoms with Gasteiger partial charge in [0, 0.05) is 25.4 Å². The van der Waals surface area contributed by atoms with E-state index >= 15 is 0 Å². The predicted octanol–water partition coefficient (Wildman–Crippen LogP) is 2.97. The standard InChI is InChI=1S/C16H25NO2/c1-2-19-16(14-6-4-3-5-7-14)15(18)12-13-8-10-17-11-9-13/h8-11,14-16,18H,2-7,12H2,1H3. The molecular weight excluding hydrogens is 238 g/mol. The van der Waals surface area contributed by atoms with Crippen molar-refractivity contribution in [2.75, 3.05) is 6.61 Å². The van der Waals surface area contributed by atoms with E-state index < -0.39 is 6.10 Å². The normalized spacial score (nSPS) is 20.1. The van der Waals surface area contributed by atoms with Crippen molar-refractivity contribution in [1.29, 1.82) is 0 Å². The van der Waals surface area contributed by atoms with Crippen LogP contribution in [0.2, 0.25) is 0 Å². The van der Waals surface area contributed by atoms with Crippen LogP contribution in [0.3, 0.4) is 0 Å². The summed E-state index contributed by atoms with van der Waals surface area (Å²) in [6.07, 6.45) is 10.0. The molecule has 0 aliphatic heterocycles. The Balaban J connectivity index is 1.97. The first-order chi connectivity index (χ1) is 9.31. The van der Waals surface area contributed by atoms with E-state index in [0.29, 0.717) is 18.9 Å². The summed E-state index contributed by atoms with van der Waals surface area (Å²) in [5.74, 6) is 0.519. The molecule has 1 heterocycles. The van der Waals surface area contributed by atoms with Gasteiger partial charge in [-0.15, -0.1) is 0 Å². The molecule has 2 atom stereocenters. The number of pyridine rings is 1. The van der Waals surface area contributed by atoms with Crippen molar-refractivity contribution in [3.05, 3.63) is 30.1 Å². The first-order valence-corrected chi connectivity index (χ1v) is 7.50. The van der Waals surface area contributed by atoms with Gasteiger partial charge in [-0.2, -0.15) is 0 Å². The molecule has 0 spiro atoms. The van der Waals surface area contributed by atoms with E-state index in [4.69, 9.17) is 4.74 Å². The van der Waals surface area contributed by atoms with Crippen LogP contribution in [0.25, 0.3) is 0 Å². The van der Waals surface area contributed by atoms with Crippen molar-refractivity contribution in [3.63, 3.8) is 0 Å². The SMILES string of the molecule is CCOC(C(O)Cc1ccncc1)C1CCCCC1. The molecule has 3 nitrogen and oxygen atoms in total. The number of aromatic nitrogens is 1. The van der Waals surface area contributed by atoms with E-state index in [0.717, 1.165) is 5.56 Å². The number of nitrogens with zero attached hydrogens (tertiary/aromatic N) is 1. The topological polar surface area (TPSA) is 42.4 Å². The van der Waals surface area contributed by atoms with Crippen molar-refractivity contribution in [3.8, 4) is 0 Å². The Labute approximate surface area is 116 Å². The maximum absolute atomic E-state index is 10.5. The average Bonchev–Trinajstić information content (AvgIpc) is 2.46. The van der Waals surface area contributed by atoms with Crippen LogP contribution in [0.4, 0.5) is 0 Å². The van der Waals surface area contributed by atoms with Gasteiger partial charge in [0.2, 0.25) is 0 Å². The van der Waals surface area contributed by atoms with Gasteiger partial charge in [0.1, 0.15) is 0 Å². The molecule has 1 aliphatic rings. The van der Waals surface area contributed by atoms with E-state index in [-0.39, 0.29) is 6.10 Å². The Bertz CT molecular complexity index is 349. The lowest BCUT2D eigenvalue weighted by molar-refractivity contribution is -0.0715. The Morgan fingerprint density at radius 3 is 2.58 bits per heavy atom. The molecule has 0 bridgehead atoms. The van der Waals surface area contributed by atoms with Crippen molar-refractivity contribution < 1.29 is 9.84 Å². The zero-order valence-electron chi connectivity index (χ0n) is 11.8. The molecule has 0 saturated heterocycles. The number of aliphatic hydroxyl groups excluding tert-OH is 1. The fraction of sp³-hybridized carbons (Fsp3) is 0.688. The molecule has 19 heavy (non-hydrogen) atoms. The zero-order chi connectivity index (χ0) is 13.5. The monoisotopic (exact) mass is 263 g/mol. The highest BCUT2D eigenvalue weighted by Gasteiger charge is 2.30. The summed E-state index contributed by atoms with van der Waals surface area (Å²) in [6, 6.07) is 3.93. The summed E-state index contributed by atoms with van der Waals surface area (Å²) in [5.41, 5.74) is 1.13. The van der Waals surface area contributed by atoms with Crippen molar-refractivity contribution in [2.24, 2.45) is 5.92 Å². The van der Waals surface area contributed by atoms with Gasteiger partial charge in [0.25, 0.3) is 0 Å². The summed E-state index contributed by atoms with van der Waals surface area (Å²) in [6.45, 7) is 2.68. The average molecular weight is 263 g/mol. The Morgan fingerprint density at radius 2 is 1.95 bits per heavy atom. The second-order valence-corrected chi connectivity index (χ2v) is 5.44. The number of hydrogen-bond acceptors (Lipinski definition) is 3. The van der Waals surface area contributed by atoms with Gasteiger partial charge in [0.15, 0.2) is 0 Å². The van der Waals surface area contributed by atoms with Gasteiger partial charge in [-0.3, -0.25) is 4.98 Å². The van der Waals surface area contributed by atoms with Crippen molar-refractivity contribution in [2.45, 2.75) is 57.7 Å². The molecular formula is C16H25NO2. The smallest absolute Gasteiger partial charge is 0.0865 e. The number of ether oxygens (including phenoxy) is 1. The molecule has 1 saturated carbocycles. The first-order valence-electron chi connectivity index (χ1n) is 7.50. The van der Waals surface area contributed by atoms with E-state index in [1.807, 2.05) is 19.1 Å². The lowest BCUT2D eigenvalue weighted by atomic mass is 9.82. The Hall–Kier alpha value is -0.930. The van der Waals surface area contributed by atoms with Crippen LogP contribution in [-0.2, 0) is 11.2 Å². The number of hydrogen-bond donors (Lipinski definition) is 1. The highest BCUT2D eigenvalue weighted by Crippen LogP contribution is 2.30. The Morgan fingerprint density at radius 1 is 1.26 bits per heavy atom. The third-order valence-electron chi connectivity index (χ3n) is 4.05. The van der Waals surface area contributed by atoms with Crippen molar-refractivity contribution >= 4 is 0 Å². The molecule has 0 radical (unpaired) electrons. The van der Waals surface area contributed by atoms with Gasteiger partial charge in [0.05, 0.1) is 12.2 Å². The summed E-state index contributed by atoms with van der Waals surface area (Å²) >= 11 is 0. The van der Waals surface area contributed by atoms with Gasteiger partial charge in [-0.25, -0.2) is 0 Å². The highest BCUT2D eigenvalue weighted by atomic mass is 16.5. The molecule has 1 aromatic rings. The fourth-order valence-corrected chi connectivity index (χ4v) is 3.09. The lowest BCUT2D eigenvalue weighted by Crippen LogP contribution is -2.38. The summed E-state index contributed by atoms with van der Waals surface area (Å²) < 4.78 is 5.85. The van der Waals surface area contributed by atoms with E-state index in [1.165, 1.54) is 32.1 Å². The maximum atomic E-state index is 10.5. The molecule has 1 N–H and O–H groups in total. The van der Waals surface area contributed by atoms with Crippen molar-refractivity contribution in [1.82, 2.24) is 4.98 Å². The molecule has 1 aliphatic carbocycles. The second kappa shape index (κ2) is 7.61. The highest BCUT2D eigenvalue weighted by molar-refractivity contribution is 5.11. The lowest BCUT2D eigenvalue weighted by Gasteiger charge is -2.33. The van der Waals surface area contributed by atoms with Crippen LogP contribution in [-0.4, -0.2) is 28.9 Å². The van der Waals surface area contributed by atoms with Crippen LogP contribution in [0.1, 0.15) is 44.6 Å². The van der Waals surface area contributed by atoms with Gasteiger partial charge in [-0.1, -0.05) is 19.3 Å².